The standard InChI is InChI=1S/C22H21F3N4O/c1-2-14-8-10-16(11-9-14)26-21(30)18-13-20-27-17(15-6-4-3-5-7-15)12-19(22(23,24)25)29(20)28-18/h3-11,13,17,19,27H,2,12H2,1H3,(H,26,30)/t17-,19+/m1/s1. The van der Waals surface area contributed by atoms with Crippen LogP contribution in [0.1, 0.15) is 47.0 Å². The third-order valence-corrected chi connectivity index (χ3v) is 5.24. The van der Waals surface area contributed by atoms with E-state index >= 15 is 0 Å². The summed E-state index contributed by atoms with van der Waals surface area (Å²) in [6, 6.07) is 15.3. The molecule has 0 spiro atoms. The predicted molar refractivity (Wildman–Crippen MR) is 109 cm³/mol. The minimum atomic E-state index is -4.49. The molecule has 0 saturated heterocycles. The van der Waals surface area contributed by atoms with Crippen LogP contribution in [0.25, 0.3) is 0 Å². The molecule has 0 aliphatic carbocycles. The summed E-state index contributed by atoms with van der Waals surface area (Å²) in [6.07, 6.45) is -3.82. The van der Waals surface area contributed by atoms with E-state index in [1.807, 2.05) is 25.1 Å². The van der Waals surface area contributed by atoms with Crippen LogP contribution in [-0.4, -0.2) is 21.9 Å². The molecular formula is C22H21F3N4O. The van der Waals surface area contributed by atoms with Gasteiger partial charge in [-0.25, -0.2) is 4.68 Å². The number of benzene rings is 2. The Morgan fingerprint density at radius 3 is 2.50 bits per heavy atom. The molecule has 0 radical (unpaired) electrons. The Morgan fingerprint density at radius 2 is 1.87 bits per heavy atom. The zero-order valence-electron chi connectivity index (χ0n) is 16.3. The number of aromatic nitrogens is 2. The van der Waals surface area contributed by atoms with E-state index in [0.29, 0.717) is 5.69 Å². The maximum absolute atomic E-state index is 13.7. The van der Waals surface area contributed by atoms with Crippen LogP contribution in [0.3, 0.4) is 0 Å². The van der Waals surface area contributed by atoms with Gasteiger partial charge < -0.3 is 10.6 Å². The van der Waals surface area contributed by atoms with Crippen molar-refractivity contribution in [2.24, 2.45) is 0 Å². The Morgan fingerprint density at radius 1 is 1.17 bits per heavy atom. The second-order valence-electron chi connectivity index (χ2n) is 7.26. The molecule has 2 heterocycles. The molecule has 30 heavy (non-hydrogen) atoms. The van der Waals surface area contributed by atoms with Crippen molar-refractivity contribution in [3.05, 3.63) is 77.5 Å². The van der Waals surface area contributed by atoms with Gasteiger partial charge in [0, 0.05) is 18.2 Å². The largest absolute Gasteiger partial charge is 0.410 e. The molecule has 1 aromatic heterocycles. The van der Waals surface area contributed by atoms with Crippen LogP contribution in [0.2, 0.25) is 0 Å². The van der Waals surface area contributed by atoms with Gasteiger partial charge in [-0.05, 0) is 29.7 Å². The van der Waals surface area contributed by atoms with Crippen molar-refractivity contribution in [1.29, 1.82) is 0 Å². The molecule has 0 unspecified atom stereocenters. The van der Waals surface area contributed by atoms with Gasteiger partial charge >= 0.3 is 6.18 Å². The fourth-order valence-corrected chi connectivity index (χ4v) is 3.61. The maximum Gasteiger partial charge on any atom is 0.410 e. The maximum atomic E-state index is 13.7. The highest BCUT2D eigenvalue weighted by Crippen LogP contribution is 2.43. The van der Waals surface area contributed by atoms with Crippen molar-refractivity contribution in [2.75, 3.05) is 10.6 Å². The minimum absolute atomic E-state index is 0.0694. The van der Waals surface area contributed by atoms with Gasteiger partial charge in [0.2, 0.25) is 0 Å². The lowest BCUT2D eigenvalue weighted by Gasteiger charge is -2.33. The van der Waals surface area contributed by atoms with Crippen LogP contribution in [-0.2, 0) is 6.42 Å². The molecule has 2 aromatic carbocycles. The molecule has 5 nitrogen and oxygen atoms in total. The molecule has 1 aliphatic heterocycles. The Hall–Kier alpha value is -3.29. The highest BCUT2D eigenvalue weighted by atomic mass is 19.4. The molecule has 0 fully saturated rings. The van der Waals surface area contributed by atoms with E-state index in [0.717, 1.165) is 22.2 Å². The smallest absolute Gasteiger partial charge is 0.363 e. The van der Waals surface area contributed by atoms with Crippen molar-refractivity contribution < 1.29 is 18.0 Å². The van der Waals surface area contributed by atoms with Gasteiger partial charge in [-0.1, -0.05) is 49.4 Å². The lowest BCUT2D eigenvalue weighted by Crippen LogP contribution is -2.35. The number of amides is 1. The van der Waals surface area contributed by atoms with Crippen LogP contribution >= 0.6 is 0 Å². The van der Waals surface area contributed by atoms with E-state index < -0.39 is 24.2 Å². The molecule has 2 atom stereocenters. The number of anilines is 2. The summed E-state index contributed by atoms with van der Waals surface area (Å²) in [4.78, 5) is 12.6. The number of rotatable bonds is 4. The topological polar surface area (TPSA) is 59.0 Å². The first-order valence-corrected chi connectivity index (χ1v) is 9.73. The summed E-state index contributed by atoms with van der Waals surface area (Å²) >= 11 is 0. The average Bonchev–Trinajstić information content (AvgIpc) is 3.18. The van der Waals surface area contributed by atoms with Crippen LogP contribution in [0.4, 0.5) is 24.7 Å². The van der Waals surface area contributed by atoms with Gasteiger partial charge in [-0.3, -0.25) is 4.79 Å². The van der Waals surface area contributed by atoms with Gasteiger partial charge in [-0.2, -0.15) is 18.3 Å². The van der Waals surface area contributed by atoms with Crippen molar-refractivity contribution in [3.63, 3.8) is 0 Å². The lowest BCUT2D eigenvalue weighted by molar-refractivity contribution is -0.173. The van der Waals surface area contributed by atoms with E-state index in [-0.39, 0.29) is 17.9 Å². The molecule has 0 saturated carbocycles. The second kappa shape index (κ2) is 7.85. The van der Waals surface area contributed by atoms with Gasteiger partial charge in [0.05, 0.1) is 6.04 Å². The normalized spacial score (nSPS) is 18.4. The molecule has 156 valence electrons. The Labute approximate surface area is 171 Å². The number of nitrogens with one attached hydrogen (secondary N) is 2. The fraction of sp³-hybridized carbons (Fsp3) is 0.273. The van der Waals surface area contributed by atoms with Gasteiger partial charge in [-0.15, -0.1) is 0 Å². The molecule has 1 aliphatic rings. The molecule has 4 rings (SSSR count). The number of hydrogen-bond acceptors (Lipinski definition) is 3. The van der Waals surface area contributed by atoms with Crippen LogP contribution < -0.4 is 10.6 Å². The van der Waals surface area contributed by atoms with Crippen LogP contribution in [0, 0.1) is 0 Å². The SMILES string of the molecule is CCc1ccc(NC(=O)c2cc3n(n2)[C@H](C(F)(F)F)C[C@H](c2ccccc2)N3)cc1. The Bertz CT molecular complexity index is 1030. The predicted octanol–water partition coefficient (Wildman–Crippen LogP) is 5.36. The van der Waals surface area contributed by atoms with Gasteiger partial charge in [0.1, 0.15) is 5.82 Å². The van der Waals surface area contributed by atoms with Crippen molar-refractivity contribution in [1.82, 2.24) is 9.78 Å². The third kappa shape index (κ3) is 4.03. The first kappa shape index (κ1) is 20.0. The van der Waals surface area contributed by atoms with Crippen LogP contribution in [0.5, 0.6) is 0 Å². The summed E-state index contributed by atoms with van der Waals surface area (Å²) in [5, 5.41) is 9.76. The Balaban J connectivity index is 1.61. The molecule has 8 heteroatoms. The summed E-state index contributed by atoms with van der Waals surface area (Å²) in [5.74, 6) is -0.385. The van der Waals surface area contributed by atoms with E-state index in [1.165, 1.54) is 6.07 Å². The molecule has 1 amide bonds. The van der Waals surface area contributed by atoms with Crippen LogP contribution in [0.15, 0.2) is 60.7 Å². The molecule has 0 bridgehead atoms. The van der Waals surface area contributed by atoms with Crippen molar-refractivity contribution in [3.8, 4) is 0 Å². The Kier molecular flexibility index (Phi) is 5.24. The number of aryl methyl sites for hydroxylation is 1. The summed E-state index contributed by atoms with van der Waals surface area (Å²) < 4.78 is 42.1. The molecular weight excluding hydrogens is 393 g/mol. The first-order valence-electron chi connectivity index (χ1n) is 9.73. The number of carbonyl (C=O) groups excluding carboxylic acids is 1. The number of hydrogen-bond donors (Lipinski definition) is 2. The zero-order chi connectivity index (χ0) is 21.3. The number of nitrogens with zero attached hydrogens (tertiary/aromatic N) is 2. The number of carbonyl (C=O) groups is 1. The first-order chi connectivity index (χ1) is 14.3. The van der Waals surface area contributed by atoms with Crippen molar-refractivity contribution in [2.45, 2.75) is 38.0 Å². The van der Waals surface area contributed by atoms with E-state index in [9.17, 15) is 18.0 Å². The fourth-order valence-electron chi connectivity index (χ4n) is 3.61. The highest BCUT2D eigenvalue weighted by Gasteiger charge is 2.46. The summed E-state index contributed by atoms with van der Waals surface area (Å²) in [7, 11) is 0. The number of halogens is 3. The second-order valence-corrected chi connectivity index (χ2v) is 7.26. The molecule has 3 aromatic rings. The van der Waals surface area contributed by atoms with Crippen molar-refractivity contribution >= 4 is 17.4 Å². The monoisotopic (exact) mass is 414 g/mol. The van der Waals surface area contributed by atoms with E-state index in [1.54, 1.807) is 36.4 Å². The summed E-state index contributed by atoms with van der Waals surface area (Å²) in [6.45, 7) is 2.02. The molecule has 2 N–H and O–H groups in total. The van der Waals surface area contributed by atoms with E-state index in [2.05, 4.69) is 15.7 Å². The quantitative estimate of drug-likeness (QED) is 0.604. The number of alkyl halides is 3. The van der Waals surface area contributed by atoms with Gasteiger partial charge in [0.25, 0.3) is 5.91 Å². The average molecular weight is 414 g/mol. The van der Waals surface area contributed by atoms with Gasteiger partial charge in [0.15, 0.2) is 11.7 Å². The minimum Gasteiger partial charge on any atom is -0.363 e. The highest BCUT2D eigenvalue weighted by molar-refractivity contribution is 6.03. The zero-order valence-corrected chi connectivity index (χ0v) is 16.3. The lowest BCUT2D eigenvalue weighted by atomic mass is 9.97. The van der Waals surface area contributed by atoms with E-state index in [4.69, 9.17) is 0 Å². The third-order valence-electron chi connectivity index (χ3n) is 5.24. The number of fused-ring (bicyclic) bond motifs is 1. The summed E-state index contributed by atoms with van der Waals surface area (Å²) in [5.41, 5.74) is 2.36.